The van der Waals surface area contributed by atoms with E-state index in [2.05, 4.69) is 16.9 Å². The van der Waals surface area contributed by atoms with Crippen LogP contribution in [0.15, 0.2) is 28.2 Å². The van der Waals surface area contributed by atoms with Crippen molar-refractivity contribution in [2.24, 2.45) is 0 Å². The van der Waals surface area contributed by atoms with Gasteiger partial charge in [-0.15, -0.1) is 22.7 Å². The Morgan fingerprint density at radius 2 is 2.26 bits per heavy atom. The molecule has 4 nitrogen and oxygen atoms in total. The van der Waals surface area contributed by atoms with Crippen molar-refractivity contribution < 1.29 is 4.42 Å². The van der Waals surface area contributed by atoms with E-state index in [4.69, 9.17) is 10.2 Å². The van der Waals surface area contributed by atoms with Crippen LogP contribution in [0.3, 0.4) is 0 Å². The minimum absolute atomic E-state index is 0.588. The second-order valence-electron chi connectivity index (χ2n) is 4.09. The maximum Gasteiger partial charge on any atom is 0.180 e. The number of nitrogen functional groups attached to an aromatic ring is 1. The number of aromatic nitrogens is 2. The van der Waals surface area contributed by atoms with Gasteiger partial charge in [0.2, 0.25) is 0 Å². The molecule has 0 aliphatic rings. The van der Waals surface area contributed by atoms with Gasteiger partial charge >= 0.3 is 0 Å². The molecule has 19 heavy (non-hydrogen) atoms. The van der Waals surface area contributed by atoms with Gasteiger partial charge in [0.15, 0.2) is 15.9 Å². The van der Waals surface area contributed by atoms with Crippen LogP contribution >= 0.6 is 22.7 Å². The Labute approximate surface area is 118 Å². The zero-order valence-electron chi connectivity index (χ0n) is 10.4. The van der Waals surface area contributed by atoms with Crippen molar-refractivity contribution in [1.29, 1.82) is 0 Å². The number of anilines is 1. The van der Waals surface area contributed by atoms with Gasteiger partial charge in [-0.05, 0) is 18.6 Å². The van der Waals surface area contributed by atoms with Crippen molar-refractivity contribution in [2.75, 3.05) is 5.73 Å². The van der Waals surface area contributed by atoms with E-state index < -0.39 is 0 Å². The van der Waals surface area contributed by atoms with E-state index in [1.54, 1.807) is 17.6 Å². The molecule has 3 heterocycles. The molecular formula is C13H13N3OS2. The van der Waals surface area contributed by atoms with Gasteiger partial charge in [-0.25, -0.2) is 9.97 Å². The predicted molar refractivity (Wildman–Crippen MR) is 79.3 cm³/mol. The van der Waals surface area contributed by atoms with Crippen molar-refractivity contribution in [1.82, 2.24) is 9.97 Å². The maximum absolute atomic E-state index is 5.71. The van der Waals surface area contributed by atoms with E-state index in [1.807, 2.05) is 17.5 Å². The summed E-state index contributed by atoms with van der Waals surface area (Å²) in [4.78, 5) is 10.1. The van der Waals surface area contributed by atoms with Crippen LogP contribution in [-0.4, -0.2) is 9.97 Å². The number of aryl methyl sites for hydroxylation is 1. The molecule has 3 aromatic heterocycles. The molecule has 0 spiro atoms. The largest absolute Gasteiger partial charge is 0.462 e. The van der Waals surface area contributed by atoms with Crippen LogP contribution in [0.1, 0.15) is 19.0 Å². The van der Waals surface area contributed by atoms with E-state index in [0.717, 1.165) is 39.9 Å². The standard InChI is InChI=1S/C13H13N3OS2/c1-2-4-8-11(9-7-18-13(14)16-9)19-12(15-8)10-5-3-6-17-10/h3,5-7H,2,4H2,1H3,(H2,14,16). The molecule has 3 rings (SSSR count). The molecule has 0 fully saturated rings. The third-order valence-electron chi connectivity index (χ3n) is 2.67. The lowest BCUT2D eigenvalue weighted by molar-refractivity contribution is 0.581. The van der Waals surface area contributed by atoms with E-state index >= 15 is 0 Å². The number of nitrogens with two attached hydrogens (primary N) is 1. The molecule has 0 atom stereocenters. The Kier molecular flexibility index (Phi) is 3.35. The molecule has 0 saturated heterocycles. The van der Waals surface area contributed by atoms with Gasteiger partial charge in [-0.1, -0.05) is 13.3 Å². The summed E-state index contributed by atoms with van der Waals surface area (Å²) in [6, 6.07) is 3.80. The van der Waals surface area contributed by atoms with Crippen molar-refractivity contribution in [2.45, 2.75) is 19.8 Å². The molecule has 0 unspecified atom stereocenters. The summed E-state index contributed by atoms with van der Waals surface area (Å²) in [5, 5.41) is 3.47. The summed E-state index contributed by atoms with van der Waals surface area (Å²) in [6.45, 7) is 2.14. The summed E-state index contributed by atoms with van der Waals surface area (Å²) in [7, 11) is 0. The minimum atomic E-state index is 0.588. The third kappa shape index (κ3) is 2.41. The number of thiazole rings is 2. The lowest BCUT2D eigenvalue weighted by atomic mass is 10.2. The molecule has 0 saturated carbocycles. The van der Waals surface area contributed by atoms with Crippen LogP contribution in [0.5, 0.6) is 0 Å². The summed E-state index contributed by atoms with van der Waals surface area (Å²) in [5.41, 5.74) is 7.71. The number of hydrogen-bond donors (Lipinski definition) is 1. The fraction of sp³-hybridized carbons (Fsp3) is 0.231. The molecule has 0 amide bonds. The molecule has 0 aromatic carbocycles. The number of rotatable bonds is 4. The highest BCUT2D eigenvalue weighted by Crippen LogP contribution is 2.36. The number of hydrogen-bond acceptors (Lipinski definition) is 6. The monoisotopic (exact) mass is 291 g/mol. The topological polar surface area (TPSA) is 64.9 Å². The van der Waals surface area contributed by atoms with Crippen molar-refractivity contribution in [3.05, 3.63) is 29.5 Å². The lowest BCUT2D eigenvalue weighted by Crippen LogP contribution is -1.88. The first-order chi connectivity index (χ1) is 9.28. The minimum Gasteiger partial charge on any atom is -0.462 e. The first kappa shape index (κ1) is 12.4. The second kappa shape index (κ2) is 5.14. The predicted octanol–water partition coefficient (Wildman–Crippen LogP) is 4.06. The smallest absolute Gasteiger partial charge is 0.180 e. The summed E-state index contributed by atoms with van der Waals surface area (Å²) in [6.07, 6.45) is 3.65. The first-order valence-corrected chi connectivity index (χ1v) is 7.72. The van der Waals surface area contributed by atoms with Crippen LogP contribution < -0.4 is 5.73 Å². The zero-order valence-corrected chi connectivity index (χ0v) is 12.1. The van der Waals surface area contributed by atoms with Gasteiger partial charge in [0.25, 0.3) is 0 Å². The van der Waals surface area contributed by atoms with Crippen LogP contribution in [0.2, 0.25) is 0 Å². The van der Waals surface area contributed by atoms with Gasteiger partial charge in [0.1, 0.15) is 0 Å². The highest BCUT2D eigenvalue weighted by molar-refractivity contribution is 7.19. The van der Waals surface area contributed by atoms with Gasteiger partial charge in [-0.2, -0.15) is 0 Å². The molecule has 0 aliphatic heterocycles. The molecule has 6 heteroatoms. The van der Waals surface area contributed by atoms with Gasteiger partial charge in [0.05, 0.1) is 22.5 Å². The van der Waals surface area contributed by atoms with Gasteiger partial charge < -0.3 is 10.2 Å². The van der Waals surface area contributed by atoms with Crippen molar-refractivity contribution >= 4 is 27.8 Å². The van der Waals surface area contributed by atoms with E-state index in [0.29, 0.717) is 5.13 Å². The van der Waals surface area contributed by atoms with E-state index in [1.165, 1.54) is 11.3 Å². The number of nitrogens with zero attached hydrogens (tertiary/aromatic N) is 2. The van der Waals surface area contributed by atoms with Crippen LogP contribution in [-0.2, 0) is 6.42 Å². The maximum atomic E-state index is 5.71. The lowest BCUT2D eigenvalue weighted by Gasteiger charge is -1.95. The average molecular weight is 291 g/mol. The van der Waals surface area contributed by atoms with Crippen LogP contribution in [0.4, 0.5) is 5.13 Å². The van der Waals surface area contributed by atoms with Gasteiger partial charge in [0, 0.05) is 5.38 Å². The van der Waals surface area contributed by atoms with E-state index in [9.17, 15) is 0 Å². The first-order valence-electron chi connectivity index (χ1n) is 6.03. The van der Waals surface area contributed by atoms with Crippen LogP contribution in [0.25, 0.3) is 21.3 Å². The molecule has 98 valence electrons. The zero-order chi connectivity index (χ0) is 13.2. The average Bonchev–Trinajstić information content (AvgIpc) is 3.08. The Hall–Kier alpha value is -1.66. The molecule has 0 aliphatic carbocycles. The molecule has 0 radical (unpaired) electrons. The van der Waals surface area contributed by atoms with Crippen molar-refractivity contribution in [3.63, 3.8) is 0 Å². The van der Waals surface area contributed by atoms with Crippen molar-refractivity contribution in [3.8, 4) is 21.3 Å². The summed E-state index contributed by atoms with van der Waals surface area (Å²) in [5.74, 6) is 0.803. The fourth-order valence-electron chi connectivity index (χ4n) is 1.86. The molecule has 2 N–H and O–H groups in total. The second-order valence-corrected chi connectivity index (χ2v) is 5.98. The molecule has 3 aromatic rings. The summed E-state index contributed by atoms with van der Waals surface area (Å²) < 4.78 is 5.41. The number of furan rings is 1. The Morgan fingerprint density at radius 1 is 1.37 bits per heavy atom. The highest BCUT2D eigenvalue weighted by atomic mass is 32.1. The molecular weight excluding hydrogens is 278 g/mol. The van der Waals surface area contributed by atoms with E-state index in [-0.39, 0.29) is 0 Å². The van der Waals surface area contributed by atoms with Crippen LogP contribution in [0, 0.1) is 0 Å². The SMILES string of the molecule is CCCc1nc(-c2ccco2)sc1-c1csc(N)n1. The highest BCUT2D eigenvalue weighted by Gasteiger charge is 2.17. The fourth-order valence-corrected chi connectivity index (χ4v) is 3.52. The summed E-state index contributed by atoms with van der Waals surface area (Å²) >= 11 is 3.06. The third-order valence-corrected chi connectivity index (χ3v) is 4.48. The normalized spacial score (nSPS) is 11.0. The Bertz CT molecular complexity index is 670. The van der Waals surface area contributed by atoms with Gasteiger partial charge in [-0.3, -0.25) is 0 Å². The Morgan fingerprint density at radius 3 is 2.89 bits per heavy atom. The quantitative estimate of drug-likeness (QED) is 0.787. The molecule has 0 bridgehead atoms. The Balaban J connectivity index is 2.07.